The summed E-state index contributed by atoms with van der Waals surface area (Å²) in [6.45, 7) is 15.0. The Morgan fingerprint density at radius 2 is 0.868 bits per heavy atom. The van der Waals surface area contributed by atoms with Crippen molar-refractivity contribution >= 4 is 0 Å². The van der Waals surface area contributed by atoms with Crippen LogP contribution in [0.1, 0.15) is 195 Å². The van der Waals surface area contributed by atoms with Crippen LogP contribution in [0.2, 0.25) is 0 Å². The molecule has 0 aromatic rings. The molecule has 0 saturated carbocycles. The Labute approximate surface area is 332 Å². The van der Waals surface area contributed by atoms with E-state index in [9.17, 15) is 10.2 Å². The highest BCUT2D eigenvalue weighted by Gasteiger charge is 2.12. The monoisotopic (exact) mass is 744 g/mol. The smallest absolute Gasteiger partial charge is 0.0789 e. The van der Waals surface area contributed by atoms with Crippen molar-refractivity contribution in [3.63, 3.8) is 0 Å². The van der Waals surface area contributed by atoms with Gasteiger partial charge in [-0.05, 0) is 122 Å². The first-order valence-electron chi connectivity index (χ1n) is 23.1. The van der Waals surface area contributed by atoms with Gasteiger partial charge in [0.1, 0.15) is 0 Å². The second-order valence-electron chi connectivity index (χ2n) is 16.0. The first kappa shape index (κ1) is 51.8. The number of aliphatic hydroxyl groups excluding tert-OH is 2. The van der Waals surface area contributed by atoms with E-state index in [4.69, 9.17) is 5.73 Å². The molecule has 5 heteroatoms. The molecule has 3 atom stereocenters. The van der Waals surface area contributed by atoms with Crippen LogP contribution in [0.5, 0.6) is 0 Å². The Morgan fingerprint density at radius 1 is 0.472 bits per heavy atom. The molecule has 4 N–H and O–H groups in total. The minimum atomic E-state index is -0.431. The van der Waals surface area contributed by atoms with Gasteiger partial charge in [0.25, 0.3) is 0 Å². The SMILES string of the molecule is CCCCC/C=C\C/C=C/CCCCCCCCN(CCCCCN(CCCCCCCC/C=C/C/C=C\C(C)CCC)CC(O)CC)CC(O)CN. The second kappa shape index (κ2) is 41.9. The minimum absolute atomic E-state index is 0.222. The van der Waals surface area contributed by atoms with E-state index in [0.717, 1.165) is 58.4 Å². The van der Waals surface area contributed by atoms with Crippen molar-refractivity contribution < 1.29 is 10.2 Å². The van der Waals surface area contributed by atoms with E-state index in [2.05, 4.69) is 86.1 Å². The van der Waals surface area contributed by atoms with E-state index in [1.165, 1.54) is 141 Å². The van der Waals surface area contributed by atoms with Crippen LogP contribution in [0.25, 0.3) is 0 Å². The minimum Gasteiger partial charge on any atom is -0.392 e. The van der Waals surface area contributed by atoms with Crippen molar-refractivity contribution in [3.8, 4) is 0 Å². The van der Waals surface area contributed by atoms with Gasteiger partial charge in [-0.15, -0.1) is 0 Å². The average Bonchev–Trinajstić information content (AvgIpc) is 3.15. The van der Waals surface area contributed by atoms with Gasteiger partial charge in [-0.3, -0.25) is 0 Å². The summed E-state index contributed by atoms with van der Waals surface area (Å²) in [5, 5.41) is 20.7. The molecule has 0 saturated heterocycles. The molecule has 5 nitrogen and oxygen atoms in total. The molecule has 0 aliphatic carbocycles. The van der Waals surface area contributed by atoms with E-state index >= 15 is 0 Å². The lowest BCUT2D eigenvalue weighted by atomic mass is 10.1. The van der Waals surface area contributed by atoms with Crippen molar-refractivity contribution in [2.45, 2.75) is 207 Å². The van der Waals surface area contributed by atoms with E-state index in [-0.39, 0.29) is 6.10 Å². The normalized spacial score (nSPS) is 14.4. The van der Waals surface area contributed by atoms with Crippen LogP contribution in [0, 0.1) is 5.92 Å². The van der Waals surface area contributed by atoms with Gasteiger partial charge in [-0.25, -0.2) is 0 Å². The lowest BCUT2D eigenvalue weighted by molar-refractivity contribution is 0.105. The predicted molar refractivity (Wildman–Crippen MR) is 237 cm³/mol. The van der Waals surface area contributed by atoms with E-state index in [1.54, 1.807) is 0 Å². The summed E-state index contributed by atoms with van der Waals surface area (Å²) in [4.78, 5) is 4.96. The Hall–Kier alpha value is -1.24. The molecule has 0 heterocycles. The fourth-order valence-corrected chi connectivity index (χ4v) is 7.02. The highest BCUT2D eigenvalue weighted by atomic mass is 16.3. The van der Waals surface area contributed by atoms with Crippen LogP contribution in [0.4, 0.5) is 0 Å². The zero-order valence-electron chi connectivity index (χ0n) is 36.1. The number of hydrogen-bond acceptors (Lipinski definition) is 5. The van der Waals surface area contributed by atoms with Crippen LogP contribution in [0.3, 0.4) is 0 Å². The predicted octanol–water partition coefficient (Wildman–Crippen LogP) is 12.3. The fraction of sp³-hybridized carbons (Fsp3) is 0.833. The summed E-state index contributed by atoms with van der Waals surface area (Å²) in [5.41, 5.74) is 5.77. The number of nitrogens with two attached hydrogens (primary N) is 1. The summed E-state index contributed by atoms with van der Waals surface area (Å²) in [5.74, 6) is 0.711. The maximum absolute atomic E-state index is 10.4. The van der Waals surface area contributed by atoms with Crippen LogP contribution < -0.4 is 5.73 Å². The van der Waals surface area contributed by atoms with Crippen molar-refractivity contribution in [1.82, 2.24) is 9.80 Å². The molecular formula is C48H93N3O2. The van der Waals surface area contributed by atoms with Gasteiger partial charge in [0, 0.05) is 19.6 Å². The van der Waals surface area contributed by atoms with E-state index in [0.29, 0.717) is 19.0 Å². The van der Waals surface area contributed by atoms with Gasteiger partial charge in [-0.1, -0.05) is 153 Å². The van der Waals surface area contributed by atoms with Crippen molar-refractivity contribution in [2.75, 3.05) is 45.8 Å². The molecule has 0 aliphatic heterocycles. The Kier molecular flexibility index (Phi) is 40.9. The molecule has 0 spiro atoms. The highest BCUT2D eigenvalue weighted by Crippen LogP contribution is 2.13. The highest BCUT2D eigenvalue weighted by molar-refractivity contribution is 4.95. The third-order valence-corrected chi connectivity index (χ3v) is 10.5. The Bertz CT molecular complexity index is 841. The molecule has 0 aliphatic rings. The summed E-state index contributed by atoms with van der Waals surface area (Å²) in [6, 6.07) is 0. The standard InChI is InChI=1S/C48H93N3O2/c1-5-8-9-10-11-12-13-14-15-16-17-20-23-27-30-34-40-51(45-48(53)43-49)42-36-31-35-41-50(44-47(52)7-3)39-33-29-26-24-21-18-19-22-25-28-32-38-46(4)37-6-2/h11-12,14-15,22,25,32,38,46-48,52-53H,5-10,13,16-21,23-24,26-31,33-37,39-45,49H2,1-4H3/b12-11-,15-14+,25-22+,38-32-. The molecule has 0 fully saturated rings. The topological polar surface area (TPSA) is 73.0 Å². The van der Waals surface area contributed by atoms with Crippen LogP contribution in [-0.2, 0) is 0 Å². The van der Waals surface area contributed by atoms with Crippen LogP contribution >= 0.6 is 0 Å². The largest absolute Gasteiger partial charge is 0.392 e. The molecule has 0 amide bonds. The lowest BCUT2D eigenvalue weighted by Crippen LogP contribution is -2.37. The van der Waals surface area contributed by atoms with Gasteiger partial charge in [0.05, 0.1) is 12.2 Å². The maximum Gasteiger partial charge on any atom is 0.0789 e. The first-order chi connectivity index (χ1) is 26.0. The van der Waals surface area contributed by atoms with Crippen molar-refractivity contribution in [2.24, 2.45) is 11.7 Å². The maximum atomic E-state index is 10.4. The molecule has 312 valence electrons. The van der Waals surface area contributed by atoms with E-state index < -0.39 is 6.10 Å². The molecule has 53 heavy (non-hydrogen) atoms. The van der Waals surface area contributed by atoms with E-state index in [1.807, 2.05) is 0 Å². The first-order valence-corrected chi connectivity index (χ1v) is 23.1. The Morgan fingerprint density at radius 3 is 1.30 bits per heavy atom. The summed E-state index contributed by atoms with van der Waals surface area (Å²) in [6.07, 6.45) is 50.4. The zero-order chi connectivity index (χ0) is 38.9. The molecule has 3 unspecified atom stereocenters. The fourth-order valence-electron chi connectivity index (χ4n) is 7.02. The molecule has 0 rings (SSSR count). The van der Waals surface area contributed by atoms with Gasteiger partial charge >= 0.3 is 0 Å². The molecular weight excluding hydrogens is 651 g/mol. The number of hydrogen-bond donors (Lipinski definition) is 3. The van der Waals surface area contributed by atoms with Gasteiger partial charge in [-0.2, -0.15) is 0 Å². The summed E-state index contributed by atoms with van der Waals surface area (Å²) in [7, 11) is 0. The molecule has 0 radical (unpaired) electrons. The quantitative estimate of drug-likeness (QED) is 0.0429. The van der Waals surface area contributed by atoms with Crippen LogP contribution in [0.15, 0.2) is 48.6 Å². The summed E-state index contributed by atoms with van der Waals surface area (Å²) >= 11 is 0. The summed E-state index contributed by atoms with van der Waals surface area (Å²) < 4.78 is 0. The number of allylic oxidation sites excluding steroid dienone is 8. The number of nitrogens with zero attached hydrogens (tertiary/aromatic N) is 2. The van der Waals surface area contributed by atoms with Crippen LogP contribution in [-0.4, -0.2) is 78.0 Å². The molecule has 0 aromatic heterocycles. The third kappa shape index (κ3) is 38.8. The van der Waals surface area contributed by atoms with Gasteiger partial charge in [0.2, 0.25) is 0 Å². The van der Waals surface area contributed by atoms with Crippen molar-refractivity contribution in [3.05, 3.63) is 48.6 Å². The number of rotatable bonds is 41. The molecule has 0 bridgehead atoms. The average molecular weight is 744 g/mol. The lowest BCUT2D eigenvalue weighted by Gasteiger charge is -2.26. The Balaban J connectivity index is 4.12. The van der Waals surface area contributed by atoms with Gasteiger partial charge in [0.15, 0.2) is 0 Å². The molecule has 0 aromatic carbocycles. The van der Waals surface area contributed by atoms with Gasteiger partial charge < -0.3 is 25.7 Å². The second-order valence-corrected chi connectivity index (χ2v) is 16.0. The zero-order valence-corrected chi connectivity index (χ0v) is 36.1. The third-order valence-electron chi connectivity index (χ3n) is 10.5. The number of unbranched alkanes of at least 4 members (excludes halogenated alkanes) is 17. The number of aliphatic hydroxyl groups is 2. The van der Waals surface area contributed by atoms with Crippen molar-refractivity contribution in [1.29, 1.82) is 0 Å².